The topological polar surface area (TPSA) is 89.0 Å². The van der Waals surface area contributed by atoms with Crippen molar-refractivity contribution >= 4 is 33.9 Å². The average molecular weight is 495 g/mol. The lowest BCUT2D eigenvalue weighted by molar-refractivity contribution is -0.132. The Bertz CT molecular complexity index is 1510. The predicted octanol–water partition coefficient (Wildman–Crippen LogP) is 5.66. The number of hydrogen-bond donors (Lipinski definition) is 1. The highest BCUT2D eigenvalue weighted by Gasteiger charge is 2.48. The number of pyridine rings is 1. The normalized spacial score (nSPS) is 16.8. The highest BCUT2D eigenvalue weighted by Crippen LogP contribution is 2.44. The number of carbonyl (C=O) groups excluding carboxylic acids is 2. The van der Waals surface area contributed by atoms with E-state index in [-0.39, 0.29) is 11.3 Å². The highest BCUT2D eigenvalue weighted by atomic mass is 16.5. The number of rotatable bonds is 7. The summed E-state index contributed by atoms with van der Waals surface area (Å²) in [6.45, 7) is 4.50. The van der Waals surface area contributed by atoms with Gasteiger partial charge < -0.3 is 14.6 Å². The molecule has 0 saturated carbocycles. The second-order valence-electron chi connectivity index (χ2n) is 8.45. The first-order chi connectivity index (χ1) is 18.0. The third-order valence-corrected chi connectivity index (χ3v) is 6.26. The number of amides is 1. The number of aliphatic hydroxyl groups excluding tert-OH is 1. The van der Waals surface area contributed by atoms with Crippen molar-refractivity contribution in [3.05, 3.63) is 102 Å². The van der Waals surface area contributed by atoms with Gasteiger partial charge in [0, 0.05) is 17.6 Å². The number of carbonyl (C=O) groups is 2. The van der Waals surface area contributed by atoms with Crippen LogP contribution in [0.1, 0.15) is 31.1 Å². The number of aliphatic hydroxyl groups is 1. The average Bonchev–Trinajstić information content (AvgIpc) is 3.19. The molecular weight excluding hydrogens is 468 g/mol. The lowest BCUT2D eigenvalue weighted by atomic mass is 9.97. The molecule has 1 unspecified atom stereocenters. The first-order valence-electron chi connectivity index (χ1n) is 12.1. The minimum absolute atomic E-state index is 0.0539. The van der Waals surface area contributed by atoms with E-state index in [1.165, 1.54) is 4.90 Å². The Kier molecular flexibility index (Phi) is 6.60. The molecule has 1 fully saturated rings. The van der Waals surface area contributed by atoms with E-state index in [2.05, 4.69) is 4.98 Å². The van der Waals surface area contributed by atoms with Crippen molar-refractivity contribution < 1.29 is 24.2 Å². The van der Waals surface area contributed by atoms with E-state index in [1.54, 1.807) is 48.7 Å². The SMILES string of the molecule is CCOc1ccc(/C(O)=C2\C(=O)C(=O)N(c3cccc4ccccc34)C2c2ccccn2)c(OCC)c1. The Morgan fingerprint density at radius 2 is 1.68 bits per heavy atom. The second kappa shape index (κ2) is 10.1. The fourth-order valence-electron chi connectivity index (χ4n) is 4.69. The Labute approximate surface area is 214 Å². The molecule has 1 aliphatic rings. The number of aromatic nitrogens is 1. The minimum atomic E-state index is -0.937. The fraction of sp³-hybridized carbons (Fsp3) is 0.167. The number of benzene rings is 3. The standard InChI is InChI=1S/C30H26N2O5/c1-3-36-20-15-16-22(25(18-20)37-4-2)28(33)26-27(23-13-7-8-17-31-23)32(30(35)29(26)34)24-14-9-11-19-10-5-6-12-21(19)24/h5-18,27,33H,3-4H2,1-2H3/b28-26+. The van der Waals surface area contributed by atoms with Gasteiger partial charge in [0.15, 0.2) is 0 Å². The summed E-state index contributed by atoms with van der Waals surface area (Å²) in [5, 5.41) is 13.3. The third-order valence-electron chi connectivity index (χ3n) is 6.26. The van der Waals surface area contributed by atoms with Crippen LogP contribution in [-0.2, 0) is 9.59 Å². The Morgan fingerprint density at radius 3 is 2.43 bits per heavy atom. The van der Waals surface area contributed by atoms with Crippen molar-refractivity contribution in [2.24, 2.45) is 0 Å². The largest absolute Gasteiger partial charge is 0.507 e. The zero-order valence-corrected chi connectivity index (χ0v) is 20.5. The van der Waals surface area contributed by atoms with Crippen molar-refractivity contribution in [3.8, 4) is 11.5 Å². The zero-order valence-electron chi connectivity index (χ0n) is 20.5. The Balaban J connectivity index is 1.75. The van der Waals surface area contributed by atoms with Crippen LogP contribution < -0.4 is 14.4 Å². The molecule has 1 atom stereocenters. The monoisotopic (exact) mass is 494 g/mol. The molecule has 0 spiro atoms. The molecule has 1 saturated heterocycles. The molecule has 0 bridgehead atoms. The van der Waals surface area contributed by atoms with Crippen molar-refractivity contribution in [2.45, 2.75) is 19.9 Å². The first kappa shape index (κ1) is 24.1. The molecule has 7 heteroatoms. The molecule has 1 aliphatic heterocycles. The summed E-state index contributed by atoms with van der Waals surface area (Å²) in [5.41, 5.74) is 1.26. The van der Waals surface area contributed by atoms with Gasteiger partial charge in [0.05, 0.1) is 35.7 Å². The van der Waals surface area contributed by atoms with Gasteiger partial charge in [-0.1, -0.05) is 42.5 Å². The van der Waals surface area contributed by atoms with Gasteiger partial charge in [-0.05, 0) is 49.6 Å². The van der Waals surface area contributed by atoms with Gasteiger partial charge in [-0.3, -0.25) is 19.5 Å². The molecule has 7 nitrogen and oxygen atoms in total. The first-order valence-corrected chi connectivity index (χ1v) is 12.1. The Hall–Kier alpha value is -4.65. The number of ether oxygens (including phenoxy) is 2. The van der Waals surface area contributed by atoms with Gasteiger partial charge in [0.2, 0.25) is 0 Å². The molecule has 3 aromatic carbocycles. The maximum Gasteiger partial charge on any atom is 0.300 e. The Morgan fingerprint density at radius 1 is 0.919 bits per heavy atom. The van der Waals surface area contributed by atoms with Crippen LogP contribution in [0.25, 0.3) is 16.5 Å². The molecule has 1 amide bonds. The van der Waals surface area contributed by atoms with E-state index in [0.29, 0.717) is 41.7 Å². The van der Waals surface area contributed by atoms with Gasteiger partial charge in [0.1, 0.15) is 23.3 Å². The van der Waals surface area contributed by atoms with E-state index in [4.69, 9.17) is 9.47 Å². The van der Waals surface area contributed by atoms with Crippen LogP contribution in [0, 0.1) is 0 Å². The summed E-state index contributed by atoms with van der Waals surface area (Å²) in [6.07, 6.45) is 1.60. The summed E-state index contributed by atoms with van der Waals surface area (Å²) in [7, 11) is 0. The summed E-state index contributed by atoms with van der Waals surface area (Å²) in [6, 6.07) is 22.6. The van der Waals surface area contributed by atoms with Crippen LogP contribution in [0.5, 0.6) is 11.5 Å². The molecule has 186 valence electrons. The van der Waals surface area contributed by atoms with Gasteiger partial charge in [-0.15, -0.1) is 0 Å². The lowest BCUT2D eigenvalue weighted by Crippen LogP contribution is -2.30. The molecule has 1 aromatic heterocycles. The molecule has 5 rings (SSSR count). The molecular formula is C30H26N2O5. The number of fused-ring (bicyclic) bond motifs is 1. The summed E-state index contributed by atoms with van der Waals surface area (Å²) < 4.78 is 11.4. The van der Waals surface area contributed by atoms with Crippen molar-refractivity contribution in [2.75, 3.05) is 18.1 Å². The maximum absolute atomic E-state index is 13.6. The summed E-state index contributed by atoms with van der Waals surface area (Å²) >= 11 is 0. The lowest BCUT2D eigenvalue weighted by Gasteiger charge is -2.26. The van der Waals surface area contributed by atoms with Crippen molar-refractivity contribution in [3.63, 3.8) is 0 Å². The summed E-state index contributed by atoms with van der Waals surface area (Å²) in [4.78, 5) is 33.0. The van der Waals surface area contributed by atoms with Crippen LogP contribution in [0.4, 0.5) is 5.69 Å². The van der Waals surface area contributed by atoms with Gasteiger partial charge >= 0.3 is 0 Å². The molecule has 37 heavy (non-hydrogen) atoms. The van der Waals surface area contributed by atoms with E-state index >= 15 is 0 Å². The second-order valence-corrected chi connectivity index (χ2v) is 8.45. The van der Waals surface area contributed by atoms with Gasteiger partial charge in [0.25, 0.3) is 11.7 Å². The molecule has 0 radical (unpaired) electrons. The quantitative estimate of drug-likeness (QED) is 0.203. The van der Waals surface area contributed by atoms with Crippen LogP contribution in [0.2, 0.25) is 0 Å². The fourth-order valence-corrected chi connectivity index (χ4v) is 4.69. The molecule has 1 N–H and O–H groups in total. The van der Waals surface area contributed by atoms with E-state index in [9.17, 15) is 14.7 Å². The van der Waals surface area contributed by atoms with Crippen LogP contribution in [-0.4, -0.2) is 35.0 Å². The minimum Gasteiger partial charge on any atom is -0.507 e. The molecule has 0 aliphatic carbocycles. The van der Waals surface area contributed by atoms with E-state index in [0.717, 1.165) is 10.8 Å². The maximum atomic E-state index is 13.6. The van der Waals surface area contributed by atoms with Crippen LogP contribution in [0.3, 0.4) is 0 Å². The number of anilines is 1. The van der Waals surface area contributed by atoms with Gasteiger partial charge in [-0.2, -0.15) is 0 Å². The van der Waals surface area contributed by atoms with E-state index < -0.39 is 17.7 Å². The number of ketones is 1. The van der Waals surface area contributed by atoms with Crippen LogP contribution >= 0.6 is 0 Å². The smallest absolute Gasteiger partial charge is 0.300 e. The number of Topliss-reactive ketones (excluding diaryl/α,β-unsaturated/α-hetero) is 1. The molecule has 4 aromatic rings. The molecule has 2 heterocycles. The predicted molar refractivity (Wildman–Crippen MR) is 142 cm³/mol. The zero-order chi connectivity index (χ0) is 25.9. The number of hydrogen-bond acceptors (Lipinski definition) is 6. The summed E-state index contributed by atoms with van der Waals surface area (Å²) in [5.74, 6) is -0.944. The van der Waals surface area contributed by atoms with E-state index in [1.807, 2.05) is 50.2 Å². The number of nitrogens with zero attached hydrogens (tertiary/aromatic N) is 2. The third kappa shape index (κ3) is 4.29. The van der Waals surface area contributed by atoms with Gasteiger partial charge in [-0.25, -0.2) is 0 Å². The highest BCUT2D eigenvalue weighted by molar-refractivity contribution is 6.52. The van der Waals surface area contributed by atoms with Crippen LogP contribution in [0.15, 0.2) is 90.6 Å². The van der Waals surface area contributed by atoms with Crippen molar-refractivity contribution in [1.29, 1.82) is 0 Å². The van der Waals surface area contributed by atoms with Crippen molar-refractivity contribution in [1.82, 2.24) is 4.98 Å².